The van der Waals surface area contributed by atoms with E-state index in [0.29, 0.717) is 18.5 Å². The minimum atomic E-state index is -0.413. The van der Waals surface area contributed by atoms with E-state index in [4.69, 9.17) is 17.3 Å². The lowest BCUT2D eigenvalue weighted by molar-refractivity contribution is 0.530. The van der Waals surface area contributed by atoms with E-state index < -0.39 is 5.82 Å². The van der Waals surface area contributed by atoms with Crippen molar-refractivity contribution in [3.05, 3.63) is 34.6 Å². The summed E-state index contributed by atoms with van der Waals surface area (Å²) in [6.07, 6.45) is 7.42. The minimum Gasteiger partial charge on any atom is -0.370 e. The van der Waals surface area contributed by atoms with Gasteiger partial charge < -0.3 is 11.1 Å². The molecule has 1 saturated carbocycles. The van der Waals surface area contributed by atoms with Crippen molar-refractivity contribution in [3.63, 3.8) is 0 Å². The van der Waals surface area contributed by atoms with Crippen molar-refractivity contribution in [2.75, 3.05) is 0 Å². The van der Waals surface area contributed by atoms with Crippen LogP contribution < -0.4 is 11.1 Å². The highest BCUT2D eigenvalue weighted by Crippen LogP contribution is 2.18. The van der Waals surface area contributed by atoms with Gasteiger partial charge in [0.05, 0.1) is 11.6 Å². The molecule has 1 aromatic carbocycles. The van der Waals surface area contributed by atoms with Gasteiger partial charge in [-0.3, -0.25) is 0 Å². The second-order valence-corrected chi connectivity index (χ2v) is 5.69. The lowest BCUT2D eigenvalue weighted by Crippen LogP contribution is -2.39. The SMILES string of the molecule is NC(=NCc1ccc(F)c(Cl)c1)NC1CCCCCC1. The van der Waals surface area contributed by atoms with Crippen molar-refractivity contribution in [1.82, 2.24) is 5.32 Å². The normalized spacial score (nSPS) is 17.8. The van der Waals surface area contributed by atoms with Crippen LogP contribution in [0, 0.1) is 5.82 Å². The molecule has 1 aliphatic rings. The summed E-state index contributed by atoms with van der Waals surface area (Å²) in [5.41, 5.74) is 6.75. The molecule has 3 N–H and O–H groups in total. The zero-order valence-electron chi connectivity index (χ0n) is 11.5. The van der Waals surface area contributed by atoms with E-state index in [0.717, 1.165) is 18.4 Å². The number of hydrogen-bond acceptors (Lipinski definition) is 1. The van der Waals surface area contributed by atoms with Crippen molar-refractivity contribution in [3.8, 4) is 0 Å². The van der Waals surface area contributed by atoms with Gasteiger partial charge in [0, 0.05) is 6.04 Å². The Morgan fingerprint density at radius 2 is 2.00 bits per heavy atom. The van der Waals surface area contributed by atoms with Gasteiger partial charge in [-0.25, -0.2) is 9.38 Å². The number of benzene rings is 1. The Balaban J connectivity index is 1.87. The largest absolute Gasteiger partial charge is 0.370 e. The summed E-state index contributed by atoms with van der Waals surface area (Å²) in [6, 6.07) is 5.03. The van der Waals surface area contributed by atoms with E-state index in [1.165, 1.54) is 31.7 Å². The first-order valence-electron chi connectivity index (χ1n) is 7.15. The average Bonchev–Trinajstić information content (AvgIpc) is 2.69. The third-order valence-corrected chi connectivity index (χ3v) is 3.91. The summed E-state index contributed by atoms with van der Waals surface area (Å²) >= 11 is 5.73. The Morgan fingerprint density at radius 1 is 1.30 bits per heavy atom. The predicted octanol–water partition coefficient (Wildman–Crippen LogP) is 3.61. The van der Waals surface area contributed by atoms with Gasteiger partial charge in [0.25, 0.3) is 0 Å². The van der Waals surface area contributed by atoms with Crippen LogP contribution in [0.3, 0.4) is 0 Å². The van der Waals surface area contributed by atoms with E-state index in [-0.39, 0.29) is 5.02 Å². The zero-order chi connectivity index (χ0) is 14.4. The van der Waals surface area contributed by atoms with Crippen molar-refractivity contribution >= 4 is 17.6 Å². The van der Waals surface area contributed by atoms with E-state index in [1.54, 1.807) is 12.1 Å². The first-order chi connectivity index (χ1) is 9.65. The van der Waals surface area contributed by atoms with Gasteiger partial charge in [-0.15, -0.1) is 0 Å². The second-order valence-electron chi connectivity index (χ2n) is 5.28. The standard InChI is InChI=1S/C15H21ClFN3/c16-13-9-11(7-8-14(13)17)10-19-15(18)20-12-5-3-1-2-4-6-12/h7-9,12H,1-6,10H2,(H3,18,19,20). The fourth-order valence-electron chi connectivity index (χ4n) is 2.49. The summed E-state index contributed by atoms with van der Waals surface area (Å²) in [5.74, 6) is 0.0429. The van der Waals surface area contributed by atoms with Crippen LogP contribution in [0.25, 0.3) is 0 Å². The highest BCUT2D eigenvalue weighted by atomic mass is 35.5. The summed E-state index contributed by atoms with van der Waals surface area (Å²) in [6.45, 7) is 0.408. The van der Waals surface area contributed by atoms with Gasteiger partial charge in [0.1, 0.15) is 5.82 Å². The molecule has 2 rings (SSSR count). The van der Waals surface area contributed by atoms with E-state index >= 15 is 0 Å². The van der Waals surface area contributed by atoms with Crippen LogP contribution in [0.5, 0.6) is 0 Å². The minimum absolute atomic E-state index is 0.119. The van der Waals surface area contributed by atoms with Crippen LogP contribution in [0.1, 0.15) is 44.1 Å². The average molecular weight is 298 g/mol. The summed E-state index contributed by atoms with van der Waals surface area (Å²) in [4.78, 5) is 4.29. The smallest absolute Gasteiger partial charge is 0.189 e. The molecule has 0 aromatic heterocycles. The topological polar surface area (TPSA) is 50.4 Å². The summed E-state index contributed by atoms with van der Waals surface area (Å²) in [5, 5.41) is 3.39. The Hall–Kier alpha value is -1.29. The van der Waals surface area contributed by atoms with E-state index in [1.807, 2.05) is 0 Å². The van der Waals surface area contributed by atoms with Crippen LogP contribution in [-0.4, -0.2) is 12.0 Å². The molecular weight excluding hydrogens is 277 g/mol. The Bertz CT molecular complexity index is 468. The van der Waals surface area contributed by atoms with Crippen LogP contribution in [0.15, 0.2) is 23.2 Å². The highest BCUT2D eigenvalue weighted by molar-refractivity contribution is 6.30. The van der Waals surface area contributed by atoms with Gasteiger partial charge in [-0.2, -0.15) is 0 Å². The second kappa shape index (κ2) is 7.48. The van der Waals surface area contributed by atoms with Gasteiger partial charge in [0.15, 0.2) is 5.96 Å². The van der Waals surface area contributed by atoms with Crippen molar-refractivity contribution in [2.24, 2.45) is 10.7 Å². The fourth-order valence-corrected chi connectivity index (χ4v) is 2.70. The number of hydrogen-bond donors (Lipinski definition) is 2. The first-order valence-corrected chi connectivity index (χ1v) is 7.53. The Labute approximate surface area is 124 Å². The summed E-state index contributed by atoms with van der Waals surface area (Å²) < 4.78 is 13.0. The maximum absolute atomic E-state index is 13.0. The maximum atomic E-state index is 13.0. The molecule has 0 saturated heterocycles. The quantitative estimate of drug-likeness (QED) is 0.509. The lowest BCUT2D eigenvalue weighted by Gasteiger charge is -2.16. The fraction of sp³-hybridized carbons (Fsp3) is 0.533. The van der Waals surface area contributed by atoms with Gasteiger partial charge in [0.2, 0.25) is 0 Å². The van der Waals surface area contributed by atoms with Gasteiger partial charge >= 0.3 is 0 Å². The van der Waals surface area contributed by atoms with Crippen molar-refractivity contribution in [2.45, 2.75) is 51.1 Å². The van der Waals surface area contributed by atoms with Crippen LogP contribution in [-0.2, 0) is 6.54 Å². The molecule has 0 aliphatic heterocycles. The highest BCUT2D eigenvalue weighted by Gasteiger charge is 2.12. The molecule has 5 heteroatoms. The van der Waals surface area contributed by atoms with Gasteiger partial charge in [-0.1, -0.05) is 43.4 Å². The predicted molar refractivity (Wildman–Crippen MR) is 81.4 cm³/mol. The molecule has 3 nitrogen and oxygen atoms in total. The zero-order valence-corrected chi connectivity index (χ0v) is 12.3. The molecule has 110 valence electrons. The number of guanidine groups is 1. The first kappa shape index (κ1) is 15.1. The molecule has 1 aliphatic carbocycles. The Kier molecular flexibility index (Phi) is 5.65. The third kappa shape index (κ3) is 4.67. The van der Waals surface area contributed by atoms with E-state index in [2.05, 4.69) is 10.3 Å². The molecule has 0 amide bonds. The molecule has 1 fully saturated rings. The van der Waals surface area contributed by atoms with Crippen LogP contribution in [0.2, 0.25) is 5.02 Å². The third-order valence-electron chi connectivity index (χ3n) is 3.62. The monoisotopic (exact) mass is 297 g/mol. The lowest BCUT2D eigenvalue weighted by atomic mass is 10.1. The van der Waals surface area contributed by atoms with Crippen molar-refractivity contribution in [1.29, 1.82) is 0 Å². The van der Waals surface area contributed by atoms with Gasteiger partial charge in [-0.05, 0) is 30.5 Å². The van der Waals surface area contributed by atoms with Crippen LogP contribution >= 0.6 is 11.6 Å². The number of nitrogens with zero attached hydrogens (tertiary/aromatic N) is 1. The van der Waals surface area contributed by atoms with Crippen LogP contribution in [0.4, 0.5) is 4.39 Å². The number of rotatable bonds is 3. The van der Waals surface area contributed by atoms with E-state index in [9.17, 15) is 4.39 Å². The molecular formula is C15H21ClFN3. The number of nitrogens with two attached hydrogens (primary N) is 1. The molecule has 0 spiro atoms. The number of nitrogens with one attached hydrogen (secondary N) is 1. The molecule has 0 bridgehead atoms. The molecule has 0 atom stereocenters. The molecule has 20 heavy (non-hydrogen) atoms. The molecule has 0 heterocycles. The summed E-state index contributed by atoms with van der Waals surface area (Å²) in [7, 11) is 0. The Morgan fingerprint density at radius 3 is 2.65 bits per heavy atom. The maximum Gasteiger partial charge on any atom is 0.189 e. The van der Waals surface area contributed by atoms with Crippen molar-refractivity contribution < 1.29 is 4.39 Å². The number of aliphatic imine (C=N–C) groups is 1. The number of halogens is 2. The molecule has 0 radical (unpaired) electrons. The molecule has 1 aromatic rings. The molecule has 0 unspecified atom stereocenters.